The SMILES string of the molecule is Cl.Cl.NC(=O)C(N)C(N)=NCc1ccccc1. The van der Waals surface area contributed by atoms with Crippen molar-refractivity contribution in [2.75, 3.05) is 0 Å². The molecule has 7 heteroatoms. The van der Waals surface area contributed by atoms with Crippen molar-refractivity contribution >= 4 is 36.6 Å². The number of hydrogen-bond acceptors (Lipinski definition) is 3. The standard InChI is InChI=1S/C10H14N4O.2ClH/c11-8(10(13)15)9(12)14-6-7-4-2-1-3-5-7;;/h1-5,8H,6,11H2,(H2,12,14)(H2,13,15);2*1H. The summed E-state index contributed by atoms with van der Waals surface area (Å²) >= 11 is 0. The number of amides is 1. The van der Waals surface area contributed by atoms with Gasteiger partial charge in [0.15, 0.2) is 0 Å². The topological polar surface area (TPSA) is 107 Å². The molecule has 0 aromatic heterocycles. The molecular formula is C10H16Cl2N4O. The number of aliphatic imine (C=N–C) groups is 1. The molecule has 0 aliphatic heterocycles. The maximum Gasteiger partial charge on any atom is 0.242 e. The quantitative estimate of drug-likeness (QED) is 0.541. The molecule has 0 bridgehead atoms. The molecule has 1 aromatic rings. The average Bonchev–Trinajstić information content (AvgIpc) is 2.26. The molecule has 0 heterocycles. The second-order valence-corrected chi connectivity index (χ2v) is 3.11. The van der Waals surface area contributed by atoms with Crippen molar-refractivity contribution in [2.45, 2.75) is 12.6 Å². The van der Waals surface area contributed by atoms with Crippen LogP contribution in [-0.2, 0) is 11.3 Å². The highest BCUT2D eigenvalue weighted by Crippen LogP contribution is 2.00. The molecule has 1 amide bonds. The molecule has 0 saturated carbocycles. The van der Waals surface area contributed by atoms with Gasteiger partial charge in [0.05, 0.1) is 6.54 Å². The summed E-state index contributed by atoms with van der Waals surface area (Å²) in [7, 11) is 0. The van der Waals surface area contributed by atoms with E-state index in [9.17, 15) is 4.79 Å². The molecule has 96 valence electrons. The van der Waals surface area contributed by atoms with Crippen LogP contribution in [0.25, 0.3) is 0 Å². The van der Waals surface area contributed by atoms with Crippen LogP contribution in [0.2, 0.25) is 0 Å². The summed E-state index contributed by atoms with van der Waals surface area (Å²) in [6.07, 6.45) is 0. The number of amidine groups is 1. The van der Waals surface area contributed by atoms with Gasteiger partial charge >= 0.3 is 0 Å². The average molecular weight is 279 g/mol. The number of hydrogen-bond donors (Lipinski definition) is 3. The molecule has 0 aliphatic carbocycles. The van der Waals surface area contributed by atoms with Crippen molar-refractivity contribution in [1.29, 1.82) is 0 Å². The number of nitrogens with zero attached hydrogens (tertiary/aromatic N) is 1. The first-order valence-electron chi connectivity index (χ1n) is 4.50. The van der Waals surface area contributed by atoms with E-state index in [1.165, 1.54) is 0 Å². The number of rotatable bonds is 4. The zero-order chi connectivity index (χ0) is 11.3. The number of benzene rings is 1. The van der Waals surface area contributed by atoms with Gasteiger partial charge in [0.2, 0.25) is 5.91 Å². The minimum absolute atomic E-state index is 0. The number of primary amides is 1. The van der Waals surface area contributed by atoms with Crippen molar-refractivity contribution in [3.63, 3.8) is 0 Å². The molecule has 1 aromatic carbocycles. The van der Waals surface area contributed by atoms with E-state index in [0.29, 0.717) is 6.54 Å². The Morgan fingerprint density at radius 2 is 1.71 bits per heavy atom. The Kier molecular flexibility index (Phi) is 9.36. The summed E-state index contributed by atoms with van der Waals surface area (Å²) in [4.78, 5) is 14.7. The summed E-state index contributed by atoms with van der Waals surface area (Å²) in [6, 6.07) is 8.52. The van der Waals surface area contributed by atoms with Gasteiger partial charge in [-0.2, -0.15) is 0 Å². The number of nitrogens with two attached hydrogens (primary N) is 3. The molecule has 1 unspecified atom stereocenters. The van der Waals surface area contributed by atoms with E-state index in [1.54, 1.807) is 0 Å². The van der Waals surface area contributed by atoms with Crippen LogP contribution in [0.1, 0.15) is 5.56 Å². The summed E-state index contributed by atoms with van der Waals surface area (Å²) < 4.78 is 0. The second-order valence-electron chi connectivity index (χ2n) is 3.11. The fourth-order valence-electron chi connectivity index (χ4n) is 1.01. The van der Waals surface area contributed by atoms with Crippen molar-refractivity contribution in [3.05, 3.63) is 35.9 Å². The molecule has 6 N–H and O–H groups in total. The third-order valence-electron chi connectivity index (χ3n) is 1.91. The fraction of sp³-hybridized carbons (Fsp3) is 0.200. The lowest BCUT2D eigenvalue weighted by molar-refractivity contribution is -0.117. The lowest BCUT2D eigenvalue weighted by Crippen LogP contribution is -2.47. The molecule has 0 spiro atoms. The fourth-order valence-corrected chi connectivity index (χ4v) is 1.01. The Bertz CT molecular complexity index is 370. The minimum Gasteiger partial charge on any atom is -0.386 e. The van der Waals surface area contributed by atoms with Gasteiger partial charge in [-0.05, 0) is 5.56 Å². The predicted molar refractivity (Wildman–Crippen MR) is 73.4 cm³/mol. The van der Waals surface area contributed by atoms with Crippen molar-refractivity contribution in [3.8, 4) is 0 Å². The van der Waals surface area contributed by atoms with Crippen molar-refractivity contribution < 1.29 is 4.79 Å². The zero-order valence-corrected chi connectivity index (χ0v) is 10.7. The normalized spacial score (nSPS) is 11.9. The molecule has 5 nitrogen and oxygen atoms in total. The number of halogens is 2. The van der Waals surface area contributed by atoms with Gasteiger partial charge < -0.3 is 17.2 Å². The highest BCUT2D eigenvalue weighted by molar-refractivity contribution is 6.05. The van der Waals surface area contributed by atoms with Crippen molar-refractivity contribution in [2.24, 2.45) is 22.2 Å². The lowest BCUT2D eigenvalue weighted by atomic mass is 10.2. The van der Waals surface area contributed by atoms with Crippen LogP contribution in [0, 0.1) is 0 Å². The molecule has 1 rings (SSSR count). The van der Waals surface area contributed by atoms with Crippen molar-refractivity contribution in [1.82, 2.24) is 0 Å². The monoisotopic (exact) mass is 278 g/mol. The minimum atomic E-state index is -1.01. The van der Waals surface area contributed by atoms with Gasteiger partial charge in [0, 0.05) is 0 Å². The van der Waals surface area contributed by atoms with Crippen LogP contribution in [0.3, 0.4) is 0 Å². The first kappa shape index (κ1) is 18.1. The Balaban J connectivity index is 0. The Morgan fingerprint density at radius 3 is 2.18 bits per heavy atom. The maximum absolute atomic E-state index is 10.7. The molecule has 0 radical (unpaired) electrons. The third-order valence-corrected chi connectivity index (χ3v) is 1.91. The van der Waals surface area contributed by atoms with Crippen LogP contribution < -0.4 is 17.2 Å². The predicted octanol–water partition coefficient (Wildman–Crippen LogP) is 0.200. The third kappa shape index (κ3) is 6.11. The first-order chi connectivity index (χ1) is 7.11. The van der Waals surface area contributed by atoms with Crippen LogP contribution in [0.15, 0.2) is 35.3 Å². The van der Waals surface area contributed by atoms with E-state index in [1.807, 2.05) is 30.3 Å². The highest BCUT2D eigenvalue weighted by atomic mass is 35.5. The van der Waals surface area contributed by atoms with Crippen LogP contribution in [0.5, 0.6) is 0 Å². The van der Waals surface area contributed by atoms with Crippen LogP contribution >= 0.6 is 24.8 Å². The second kappa shape index (κ2) is 8.81. The lowest BCUT2D eigenvalue weighted by Gasteiger charge is -2.06. The molecule has 0 aliphatic rings. The number of carbonyl (C=O) groups excluding carboxylic acids is 1. The van der Waals surface area contributed by atoms with E-state index in [2.05, 4.69) is 4.99 Å². The van der Waals surface area contributed by atoms with E-state index >= 15 is 0 Å². The summed E-state index contributed by atoms with van der Waals surface area (Å²) in [5.41, 5.74) is 16.9. The molecule has 0 saturated heterocycles. The Morgan fingerprint density at radius 1 is 1.18 bits per heavy atom. The van der Waals surface area contributed by atoms with Crippen LogP contribution in [0.4, 0.5) is 0 Å². The molecule has 17 heavy (non-hydrogen) atoms. The van der Waals surface area contributed by atoms with E-state index in [0.717, 1.165) is 5.56 Å². The molecular weight excluding hydrogens is 263 g/mol. The van der Waals surface area contributed by atoms with E-state index in [-0.39, 0.29) is 30.6 Å². The first-order valence-corrected chi connectivity index (χ1v) is 4.50. The van der Waals surface area contributed by atoms with Gasteiger partial charge in [-0.15, -0.1) is 24.8 Å². The Labute approximate surface area is 112 Å². The molecule has 0 fully saturated rings. The maximum atomic E-state index is 10.7. The van der Waals surface area contributed by atoms with Gasteiger partial charge in [-0.3, -0.25) is 9.79 Å². The van der Waals surface area contributed by atoms with Gasteiger partial charge in [0.25, 0.3) is 0 Å². The van der Waals surface area contributed by atoms with Gasteiger partial charge in [-0.1, -0.05) is 30.3 Å². The molecule has 1 atom stereocenters. The zero-order valence-electron chi connectivity index (χ0n) is 9.08. The summed E-state index contributed by atoms with van der Waals surface area (Å²) in [5.74, 6) is -0.615. The Hall–Kier alpha value is -1.30. The van der Waals surface area contributed by atoms with E-state index < -0.39 is 11.9 Å². The number of carbonyl (C=O) groups is 1. The van der Waals surface area contributed by atoms with E-state index in [4.69, 9.17) is 17.2 Å². The highest BCUT2D eigenvalue weighted by Gasteiger charge is 2.12. The largest absolute Gasteiger partial charge is 0.386 e. The van der Waals surface area contributed by atoms with Crippen LogP contribution in [-0.4, -0.2) is 17.8 Å². The van der Waals surface area contributed by atoms with Gasteiger partial charge in [0.1, 0.15) is 11.9 Å². The van der Waals surface area contributed by atoms with Gasteiger partial charge in [-0.25, -0.2) is 0 Å². The smallest absolute Gasteiger partial charge is 0.242 e. The summed E-state index contributed by atoms with van der Waals surface area (Å²) in [6.45, 7) is 0.396. The summed E-state index contributed by atoms with van der Waals surface area (Å²) in [5, 5.41) is 0.